The Balaban J connectivity index is 3.30. The fourth-order valence-electron chi connectivity index (χ4n) is 0.918. The van der Waals surface area contributed by atoms with Gasteiger partial charge in [-0.05, 0) is 0 Å². The van der Waals surface area contributed by atoms with E-state index in [1.165, 1.54) is 0 Å². The van der Waals surface area contributed by atoms with Gasteiger partial charge in [-0.1, -0.05) is 0 Å². The summed E-state index contributed by atoms with van der Waals surface area (Å²) in [5.41, 5.74) is -1.63. The summed E-state index contributed by atoms with van der Waals surface area (Å²) in [5, 5.41) is 0. The zero-order valence-corrected chi connectivity index (χ0v) is 8.51. The second kappa shape index (κ2) is 4.53. The third-order valence-electron chi connectivity index (χ3n) is 1.51. The molecule has 0 aliphatic rings. The molecule has 0 aromatic carbocycles. The predicted molar refractivity (Wildman–Crippen MR) is 41.0 cm³/mol. The van der Waals surface area contributed by atoms with Crippen LogP contribution < -0.4 is 0 Å². The van der Waals surface area contributed by atoms with Crippen LogP contribution in [0, 0.1) is 0 Å². The summed E-state index contributed by atoms with van der Waals surface area (Å²) in [6, 6.07) is 0.729. The Morgan fingerprint density at radius 2 is 2.20 bits per heavy atom. The molecular formula is C8H3F3N2OV. The van der Waals surface area contributed by atoms with E-state index >= 15 is 0 Å². The van der Waals surface area contributed by atoms with Crippen LogP contribution in [0.1, 0.15) is 15.9 Å². The first-order valence-electron chi connectivity index (χ1n) is 3.62. The molecule has 0 saturated heterocycles. The first-order valence-corrected chi connectivity index (χ1v) is 4.32. The summed E-state index contributed by atoms with van der Waals surface area (Å²) in [6.07, 6.45) is -2.79. The van der Waals surface area contributed by atoms with Crippen LogP contribution in [0.25, 0.3) is 0 Å². The Kier molecular flexibility index (Phi) is 3.58. The Morgan fingerprint density at radius 1 is 1.53 bits per heavy atom. The zero-order chi connectivity index (χ0) is 11.5. The summed E-state index contributed by atoms with van der Waals surface area (Å²) in [4.78, 5) is 17.7. The van der Waals surface area contributed by atoms with E-state index in [1.54, 1.807) is 17.0 Å². The number of alkyl halides is 3. The number of nitrogens with zero attached hydrogens (tertiary/aromatic N) is 2. The molecule has 0 atom stereocenters. The van der Waals surface area contributed by atoms with Gasteiger partial charge < -0.3 is 0 Å². The van der Waals surface area contributed by atoms with Crippen molar-refractivity contribution in [2.45, 2.75) is 6.18 Å². The minimum absolute atomic E-state index is 0.580. The molecule has 1 heterocycles. The molecule has 0 saturated carbocycles. The van der Waals surface area contributed by atoms with Gasteiger partial charge in [-0.3, -0.25) is 0 Å². The topological polar surface area (TPSA) is 42.3 Å². The number of rotatable bonds is 1. The van der Waals surface area contributed by atoms with Crippen LogP contribution in [0.15, 0.2) is 23.5 Å². The summed E-state index contributed by atoms with van der Waals surface area (Å²) in [6.45, 7) is 0. The number of amides is 1. The molecule has 1 amide bonds. The number of aliphatic imine (C=N–C) groups is 1. The van der Waals surface area contributed by atoms with E-state index in [9.17, 15) is 18.0 Å². The molecule has 0 fully saturated rings. The molecule has 1 aromatic rings. The molecule has 1 rings (SSSR count). The monoisotopic (exact) mass is 251 g/mol. The van der Waals surface area contributed by atoms with Crippen molar-refractivity contribution in [2.75, 3.05) is 0 Å². The zero-order valence-electron chi connectivity index (χ0n) is 7.12. The van der Waals surface area contributed by atoms with E-state index in [-0.39, 0.29) is 0 Å². The number of hydrogen-bond acceptors (Lipinski definition) is 2. The summed E-state index contributed by atoms with van der Waals surface area (Å²) in [7, 11) is 0. The van der Waals surface area contributed by atoms with Crippen LogP contribution in [0.2, 0.25) is 0 Å². The van der Waals surface area contributed by atoms with Crippen LogP contribution in [0.3, 0.4) is 0 Å². The van der Waals surface area contributed by atoms with Gasteiger partial charge in [0.15, 0.2) is 0 Å². The van der Waals surface area contributed by atoms with Crippen LogP contribution in [-0.4, -0.2) is 15.4 Å². The van der Waals surface area contributed by atoms with Gasteiger partial charge >= 0.3 is 91.1 Å². The normalized spacial score (nSPS) is 10.5. The maximum atomic E-state index is 12.4. The number of halogens is 3. The van der Waals surface area contributed by atoms with Gasteiger partial charge in [0, 0.05) is 0 Å². The Hall–Kier alpha value is -1.23. The van der Waals surface area contributed by atoms with Crippen LogP contribution in [-0.2, 0) is 23.2 Å². The van der Waals surface area contributed by atoms with Crippen molar-refractivity contribution in [3.63, 3.8) is 0 Å². The number of carbonyl (C=O) groups excluding carboxylic acids is 1. The fraction of sp³-hybridized carbons (Fsp3) is 0.125. The van der Waals surface area contributed by atoms with Crippen molar-refractivity contribution in [3.05, 3.63) is 29.6 Å². The van der Waals surface area contributed by atoms with Crippen molar-refractivity contribution < 1.29 is 34.9 Å². The van der Waals surface area contributed by atoms with Crippen molar-refractivity contribution in [2.24, 2.45) is 4.99 Å². The van der Waals surface area contributed by atoms with Crippen molar-refractivity contribution >= 4 is 10.4 Å². The molecule has 0 radical (unpaired) electrons. The Morgan fingerprint density at radius 3 is 2.73 bits per heavy atom. The Labute approximate surface area is 91.5 Å². The molecule has 0 aliphatic carbocycles. The SMILES string of the molecule is O=C(N=[C]=[V])c1cnccc1C(F)(F)F. The maximum absolute atomic E-state index is 12.4. The molecule has 7 heteroatoms. The molecule has 0 N–H and O–H groups in total. The van der Waals surface area contributed by atoms with Gasteiger partial charge in [0.25, 0.3) is 0 Å². The van der Waals surface area contributed by atoms with Crippen molar-refractivity contribution in [3.8, 4) is 0 Å². The summed E-state index contributed by atoms with van der Waals surface area (Å²) >= 11 is 1.74. The van der Waals surface area contributed by atoms with Gasteiger partial charge in [0.1, 0.15) is 0 Å². The molecular weight excluding hydrogens is 248 g/mol. The third kappa shape index (κ3) is 2.86. The van der Waals surface area contributed by atoms with E-state index in [4.69, 9.17) is 0 Å². The van der Waals surface area contributed by atoms with E-state index in [0.29, 0.717) is 0 Å². The molecule has 77 valence electrons. The van der Waals surface area contributed by atoms with E-state index in [0.717, 1.165) is 18.5 Å². The van der Waals surface area contributed by atoms with E-state index in [2.05, 4.69) is 14.5 Å². The summed E-state index contributed by atoms with van der Waals surface area (Å²) in [5.74, 6) is -1.02. The number of pyridine rings is 1. The van der Waals surface area contributed by atoms with Gasteiger partial charge in [-0.25, -0.2) is 0 Å². The van der Waals surface area contributed by atoms with Crippen LogP contribution >= 0.6 is 0 Å². The molecule has 0 aliphatic heterocycles. The van der Waals surface area contributed by atoms with Gasteiger partial charge in [-0.2, -0.15) is 0 Å². The average molecular weight is 251 g/mol. The molecule has 1 aromatic heterocycles. The van der Waals surface area contributed by atoms with Gasteiger partial charge in [0.2, 0.25) is 0 Å². The Bertz CT molecular complexity index is 438. The van der Waals surface area contributed by atoms with E-state index in [1.807, 2.05) is 0 Å². The second-order valence-electron chi connectivity index (χ2n) is 2.44. The average Bonchev–Trinajstić information content (AvgIpc) is 2.17. The number of hydrogen-bond donors (Lipinski definition) is 0. The molecule has 0 spiro atoms. The first-order chi connectivity index (χ1) is 6.96. The molecule has 0 bridgehead atoms. The van der Waals surface area contributed by atoms with Crippen molar-refractivity contribution in [1.82, 2.24) is 4.98 Å². The minimum atomic E-state index is -4.59. The molecule has 15 heavy (non-hydrogen) atoms. The predicted octanol–water partition coefficient (Wildman–Crippen LogP) is 1.69. The number of aromatic nitrogens is 1. The molecule has 3 nitrogen and oxygen atoms in total. The van der Waals surface area contributed by atoms with Crippen molar-refractivity contribution in [1.29, 1.82) is 0 Å². The quantitative estimate of drug-likeness (QED) is 0.713. The van der Waals surface area contributed by atoms with Gasteiger partial charge in [0.05, 0.1) is 0 Å². The number of carbonyl (C=O) groups is 1. The third-order valence-corrected chi connectivity index (χ3v) is 1.66. The van der Waals surface area contributed by atoms with Crippen LogP contribution in [0.5, 0.6) is 0 Å². The van der Waals surface area contributed by atoms with Gasteiger partial charge in [-0.15, -0.1) is 0 Å². The van der Waals surface area contributed by atoms with E-state index < -0.39 is 23.2 Å². The second-order valence-corrected chi connectivity index (χ2v) is 2.75. The first kappa shape index (κ1) is 11.8. The fourth-order valence-corrected chi connectivity index (χ4v) is 1.06. The molecule has 0 unspecified atom stereocenters. The standard InChI is InChI=1S/C8H3F3N2O.V/c1-12-7(14)5-4-13-3-2-6(5)8(9,10)11;/h2-4H;. The van der Waals surface area contributed by atoms with Crippen LogP contribution in [0.4, 0.5) is 13.2 Å². The summed E-state index contributed by atoms with van der Waals surface area (Å²) < 4.78 is 39.3.